The lowest BCUT2D eigenvalue weighted by molar-refractivity contribution is -0.641. The lowest BCUT2D eigenvalue weighted by Crippen LogP contribution is -2.83. The molecule has 8 heavy (non-hydrogen) atoms. The largest absolute Gasteiger partial charge is 0.346 e. The van der Waals surface area contributed by atoms with E-state index in [4.69, 9.17) is 0 Å². The van der Waals surface area contributed by atoms with Crippen LogP contribution in [0.5, 0.6) is 0 Å². The lowest BCUT2D eigenvalue weighted by Gasteiger charge is -2.35. The molecule has 2 aliphatic rings. The molecule has 0 bridgehead atoms. The van der Waals surface area contributed by atoms with Crippen LogP contribution in [0.2, 0.25) is 0 Å². The van der Waals surface area contributed by atoms with E-state index in [0.29, 0.717) is 0 Å². The summed E-state index contributed by atoms with van der Waals surface area (Å²) in [5.41, 5.74) is 0.750. The summed E-state index contributed by atoms with van der Waals surface area (Å²) in [6.45, 7) is 5.30. The van der Waals surface area contributed by atoms with Crippen molar-refractivity contribution >= 4 is 0 Å². The van der Waals surface area contributed by atoms with E-state index in [0.717, 1.165) is 5.41 Å². The maximum Gasteiger partial charge on any atom is 0.0839 e. The van der Waals surface area contributed by atoms with Crippen LogP contribution in [0, 0.1) is 5.41 Å². The number of nitrogens with one attached hydrogen (secondary N) is 1. The quantitative estimate of drug-likeness (QED) is 0.395. The van der Waals surface area contributed by atoms with E-state index in [1.54, 1.807) is 0 Å². The summed E-state index contributed by atoms with van der Waals surface area (Å²) in [7, 11) is 0. The first-order valence-corrected chi connectivity index (χ1v) is 3.44. The first-order chi connectivity index (χ1) is 3.91. The van der Waals surface area contributed by atoms with Gasteiger partial charge in [0, 0.05) is 24.9 Å². The molecule has 2 aliphatic heterocycles. The number of hydrogen-bond donors (Lipinski definition) is 2. The third-order valence-electron chi connectivity index (χ3n) is 2.46. The van der Waals surface area contributed by atoms with Crippen LogP contribution < -0.4 is 10.6 Å². The van der Waals surface area contributed by atoms with E-state index in [1.165, 1.54) is 32.6 Å². The van der Waals surface area contributed by atoms with Crippen LogP contribution >= 0.6 is 0 Å². The first-order valence-electron chi connectivity index (χ1n) is 3.44. The Morgan fingerprint density at radius 3 is 2.50 bits per heavy atom. The monoisotopic (exact) mass is 113 g/mol. The van der Waals surface area contributed by atoms with Crippen LogP contribution in [0.4, 0.5) is 0 Å². The minimum absolute atomic E-state index is 0.750. The van der Waals surface area contributed by atoms with Gasteiger partial charge >= 0.3 is 0 Å². The Labute approximate surface area is 49.7 Å². The molecule has 2 heteroatoms. The average molecular weight is 113 g/mol. The van der Waals surface area contributed by atoms with Crippen LogP contribution in [0.1, 0.15) is 6.42 Å². The maximum absolute atomic E-state index is 3.32. The zero-order valence-electron chi connectivity index (χ0n) is 5.11. The Kier molecular flexibility index (Phi) is 0.866. The van der Waals surface area contributed by atoms with Gasteiger partial charge in [0.2, 0.25) is 0 Å². The fourth-order valence-corrected chi connectivity index (χ4v) is 1.72. The van der Waals surface area contributed by atoms with Gasteiger partial charge in [-0.3, -0.25) is 0 Å². The standard InChI is InChI=1S/C6H12N2/c1-2-7-3-6(1)4-8-5-6/h7-8H,1-5H2/p+1. The summed E-state index contributed by atoms with van der Waals surface area (Å²) in [5, 5.41) is 5.76. The first kappa shape index (κ1) is 4.77. The van der Waals surface area contributed by atoms with Gasteiger partial charge in [-0.1, -0.05) is 0 Å². The van der Waals surface area contributed by atoms with Crippen molar-refractivity contribution in [3.8, 4) is 0 Å². The predicted molar refractivity (Wildman–Crippen MR) is 31.6 cm³/mol. The highest BCUT2D eigenvalue weighted by atomic mass is 15.1. The van der Waals surface area contributed by atoms with Crippen LogP contribution in [0.3, 0.4) is 0 Å². The van der Waals surface area contributed by atoms with Crippen molar-refractivity contribution < 1.29 is 5.32 Å². The summed E-state index contributed by atoms with van der Waals surface area (Å²) >= 11 is 0. The molecule has 2 fully saturated rings. The van der Waals surface area contributed by atoms with E-state index < -0.39 is 0 Å². The predicted octanol–water partition coefficient (Wildman–Crippen LogP) is -1.46. The molecule has 1 spiro atoms. The maximum atomic E-state index is 3.32. The minimum Gasteiger partial charge on any atom is -0.346 e. The van der Waals surface area contributed by atoms with Gasteiger partial charge in [-0.25, -0.2) is 0 Å². The zero-order chi connectivity index (χ0) is 5.45. The van der Waals surface area contributed by atoms with Crippen molar-refractivity contribution in [3.63, 3.8) is 0 Å². The molecule has 3 N–H and O–H groups in total. The van der Waals surface area contributed by atoms with E-state index in [1.807, 2.05) is 0 Å². The molecule has 0 aromatic rings. The zero-order valence-corrected chi connectivity index (χ0v) is 5.11. The van der Waals surface area contributed by atoms with Crippen molar-refractivity contribution in [1.82, 2.24) is 5.32 Å². The van der Waals surface area contributed by atoms with E-state index >= 15 is 0 Å². The highest BCUT2D eigenvalue weighted by molar-refractivity contribution is 4.92. The second-order valence-electron chi connectivity index (χ2n) is 3.14. The smallest absolute Gasteiger partial charge is 0.0839 e. The second kappa shape index (κ2) is 1.45. The Balaban J connectivity index is 2.01. The second-order valence-corrected chi connectivity index (χ2v) is 3.14. The molecule has 2 rings (SSSR count). The summed E-state index contributed by atoms with van der Waals surface area (Å²) in [5.74, 6) is 0. The molecule has 0 radical (unpaired) electrons. The molecular weight excluding hydrogens is 100 g/mol. The van der Waals surface area contributed by atoms with Gasteiger partial charge in [-0.15, -0.1) is 0 Å². The van der Waals surface area contributed by atoms with Crippen molar-refractivity contribution in [2.75, 3.05) is 26.2 Å². The third kappa shape index (κ3) is 0.501. The molecule has 2 nitrogen and oxygen atoms in total. The van der Waals surface area contributed by atoms with Gasteiger partial charge in [0.25, 0.3) is 0 Å². The summed E-state index contributed by atoms with van der Waals surface area (Å²) in [6.07, 6.45) is 1.44. The highest BCUT2D eigenvalue weighted by Crippen LogP contribution is 2.25. The third-order valence-corrected chi connectivity index (χ3v) is 2.46. The van der Waals surface area contributed by atoms with Crippen LogP contribution in [0.15, 0.2) is 0 Å². The van der Waals surface area contributed by atoms with Crippen LogP contribution in [-0.4, -0.2) is 26.2 Å². The Bertz CT molecular complexity index is 88.7. The fourth-order valence-electron chi connectivity index (χ4n) is 1.72. The molecule has 0 aromatic heterocycles. The summed E-state index contributed by atoms with van der Waals surface area (Å²) < 4.78 is 0. The van der Waals surface area contributed by atoms with Crippen molar-refractivity contribution in [2.24, 2.45) is 5.41 Å². The van der Waals surface area contributed by atoms with Gasteiger partial charge in [0.1, 0.15) is 0 Å². The van der Waals surface area contributed by atoms with Gasteiger partial charge in [-0.2, -0.15) is 0 Å². The van der Waals surface area contributed by atoms with E-state index in [-0.39, 0.29) is 0 Å². The number of nitrogens with two attached hydrogens (primary N) is 1. The van der Waals surface area contributed by atoms with Gasteiger partial charge < -0.3 is 10.6 Å². The van der Waals surface area contributed by atoms with Gasteiger partial charge in [0.05, 0.1) is 13.1 Å². The summed E-state index contributed by atoms with van der Waals surface area (Å²) in [6, 6.07) is 0. The molecule has 2 saturated heterocycles. The molecule has 0 atom stereocenters. The van der Waals surface area contributed by atoms with E-state index in [9.17, 15) is 0 Å². The number of hydrogen-bond acceptors (Lipinski definition) is 1. The minimum atomic E-state index is 0.750. The van der Waals surface area contributed by atoms with Gasteiger partial charge in [-0.05, 0) is 0 Å². The molecule has 0 saturated carbocycles. The molecule has 2 heterocycles. The fraction of sp³-hybridized carbons (Fsp3) is 1.00. The lowest BCUT2D eigenvalue weighted by atomic mass is 9.81. The molecular formula is C6H13N2+. The van der Waals surface area contributed by atoms with Crippen molar-refractivity contribution in [1.29, 1.82) is 0 Å². The summed E-state index contributed by atoms with van der Waals surface area (Å²) in [4.78, 5) is 0. The molecule has 46 valence electrons. The van der Waals surface area contributed by atoms with Crippen molar-refractivity contribution in [2.45, 2.75) is 6.42 Å². The number of quaternary nitrogens is 1. The topological polar surface area (TPSA) is 28.6 Å². The molecule has 0 unspecified atom stereocenters. The van der Waals surface area contributed by atoms with E-state index in [2.05, 4.69) is 10.6 Å². The van der Waals surface area contributed by atoms with Crippen LogP contribution in [-0.2, 0) is 0 Å². The highest BCUT2D eigenvalue weighted by Gasteiger charge is 2.42. The van der Waals surface area contributed by atoms with Crippen molar-refractivity contribution in [3.05, 3.63) is 0 Å². The Morgan fingerprint density at radius 2 is 2.25 bits per heavy atom. The number of rotatable bonds is 0. The average Bonchev–Trinajstić information content (AvgIpc) is 2.07. The molecule has 0 amide bonds. The van der Waals surface area contributed by atoms with Gasteiger partial charge in [0.15, 0.2) is 0 Å². The van der Waals surface area contributed by atoms with Crippen LogP contribution in [0.25, 0.3) is 0 Å². The Hall–Kier alpha value is -0.0800. The normalized spacial score (nSPS) is 33.0. The molecule has 0 aromatic carbocycles. The SMILES string of the molecule is C1CC2(CNC2)C[NH2+]1. The molecule has 0 aliphatic carbocycles. The Morgan fingerprint density at radius 1 is 1.38 bits per heavy atom.